The Morgan fingerprint density at radius 1 is 1.06 bits per heavy atom. The van der Waals surface area contributed by atoms with Crippen LogP contribution in [-0.4, -0.2) is 55.7 Å². The van der Waals surface area contributed by atoms with E-state index in [4.69, 9.17) is 16.3 Å². The summed E-state index contributed by atoms with van der Waals surface area (Å²) in [6, 6.07) is 10.6. The van der Waals surface area contributed by atoms with Gasteiger partial charge >= 0.3 is 5.97 Å². The molecule has 0 saturated carbocycles. The number of rotatable bonds is 8. The van der Waals surface area contributed by atoms with Gasteiger partial charge in [-0.05, 0) is 69.4 Å². The van der Waals surface area contributed by atoms with Crippen molar-refractivity contribution >= 4 is 33.5 Å². The topological polar surface area (TPSA) is 84.0 Å². The van der Waals surface area contributed by atoms with Gasteiger partial charge in [-0.3, -0.25) is 9.59 Å². The molecule has 0 atom stereocenters. The van der Waals surface area contributed by atoms with Gasteiger partial charge in [0.2, 0.25) is 15.9 Å². The summed E-state index contributed by atoms with van der Waals surface area (Å²) in [7, 11) is -3.97. The summed E-state index contributed by atoms with van der Waals surface area (Å²) in [5, 5.41) is 0.550. The molecular weight excluding hydrogens is 488 g/mol. The monoisotopic (exact) mass is 520 g/mol. The number of benzene rings is 2. The van der Waals surface area contributed by atoms with Gasteiger partial charge in [0.25, 0.3) is 0 Å². The largest absolute Gasteiger partial charge is 0.466 e. The molecule has 1 heterocycles. The van der Waals surface area contributed by atoms with Crippen molar-refractivity contribution in [3.8, 4) is 0 Å². The van der Waals surface area contributed by atoms with Gasteiger partial charge in [-0.1, -0.05) is 41.4 Å². The molecule has 0 aromatic heterocycles. The lowest BCUT2D eigenvalue weighted by atomic mass is 9.97. The summed E-state index contributed by atoms with van der Waals surface area (Å²) in [6.45, 7) is 8.09. The molecule has 1 aliphatic rings. The molecular formula is C26H33ClN2O5S. The summed E-state index contributed by atoms with van der Waals surface area (Å²) in [5.41, 5.74) is 3.00. The SMILES string of the molecule is CCOC(=O)C1CCN(C(=O)CN(Cc2ccc(Cl)cc2)S(=O)(=O)c2c(C)cc(C)cc2C)CC1. The second-order valence-corrected chi connectivity index (χ2v) is 11.3. The van der Waals surface area contributed by atoms with E-state index in [0.29, 0.717) is 48.7 Å². The normalized spacial score (nSPS) is 14.9. The molecule has 7 nitrogen and oxygen atoms in total. The summed E-state index contributed by atoms with van der Waals surface area (Å²) in [6.07, 6.45) is 1.01. The lowest BCUT2D eigenvalue weighted by Crippen LogP contribution is -2.46. The molecule has 9 heteroatoms. The van der Waals surface area contributed by atoms with E-state index in [1.807, 2.05) is 19.1 Å². The number of esters is 1. The van der Waals surface area contributed by atoms with Crippen LogP contribution in [0.3, 0.4) is 0 Å². The van der Waals surface area contributed by atoms with Crippen molar-refractivity contribution < 1.29 is 22.7 Å². The number of likely N-dealkylation sites (tertiary alicyclic amines) is 1. The molecule has 3 rings (SSSR count). The van der Waals surface area contributed by atoms with E-state index in [1.165, 1.54) is 4.31 Å². The molecule has 1 aliphatic heterocycles. The molecule has 2 aromatic carbocycles. The highest BCUT2D eigenvalue weighted by Crippen LogP contribution is 2.27. The molecule has 0 aliphatic carbocycles. The predicted molar refractivity (Wildman–Crippen MR) is 136 cm³/mol. The van der Waals surface area contributed by atoms with E-state index < -0.39 is 10.0 Å². The van der Waals surface area contributed by atoms with Gasteiger partial charge in [0.05, 0.1) is 24.0 Å². The van der Waals surface area contributed by atoms with Gasteiger partial charge in [-0.25, -0.2) is 8.42 Å². The fourth-order valence-corrected chi connectivity index (χ4v) is 6.51. The summed E-state index contributed by atoms with van der Waals surface area (Å²) < 4.78 is 34.1. The van der Waals surface area contributed by atoms with Crippen LogP contribution in [0.25, 0.3) is 0 Å². The number of carbonyl (C=O) groups excluding carboxylic acids is 2. The smallest absolute Gasteiger partial charge is 0.309 e. The van der Waals surface area contributed by atoms with E-state index in [0.717, 1.165) is 11.1 Å². The maximum Gasteiger partial charge on any atom is 0.309 e. The number of sulfonamides is 1. The van der Waals surface area contributed by atoms with Crippen LogP contribution in [0.5, 0.6) is 0 Å². The first kappa shape index (κ1) is 27.2. The minimum Gasteiger partial charge on any atom is -0.466 e. The van der Waals surface area contributed by atoms with Crippen molar-refractivity contribution in [2.24, 2.45) is 5.92 Å². The Labute approximate surface area is 213 Å². The van der Waals surface area contributed by atoms with Crippen LogP contribution in [-0.2, 0) is 30.9 Å². The quantitative estimate of drug-likeness (QED) is 0.486. The van der Waals surface area contributed by atoms with Crippen molar-refractivity contribution in [1.82, 2.24) is 9.21 Å². The number of aryl methyl sites for hydroxylation is 3. The number of piperidine rings is 1. The van der Waals surface area contributed by atoms with Crippen LogP contribution in [0.2, 0.25) is 5.02 Å². The molecule has 0 spiro atoms. The first-order valence-corrected chi connectivity index (χ1v) is 13.6. The van der Waals surface area contributed by atoms with Crippen molar-refractivity contribution in [1.29, 1.82) is 0 Å². The average molecular weight is 521 g/mol. The Balaban J connectivity index is 1.85. The molecule has 0 N–H and O–H groups in total. The molecule has 190 valence electrons. The molecule has 1 amide bonds. The first-order valence-electron chi connectivity index (χ1n) is 11.8. The molecule has 0 unspecified atom stereocenters. The van der Waals surface area contributed by atoms with E-state index in [1.54, 1.807) is 49.9 Å². The fraction of sp³-hybridized carbons (Fsp3) is 0.462. The average Bonchev–Trinajstić information content (AvgIpc) is 2.79. The number of carbonyl (C=O) groups is 2. The third-order valence-electron chi connectivity index (χ3n) is 6.25. The molecule has 1 fully saturated rings. The van der Waals surface area contributed by atoms with E-state index in [-0.39, 0.29) is 35.8 Å². The Bertz CT molecular complexity index is 1150. The van der Waals surface area contributed by atoms with Crippen molar-refractivity contribution in [3.05, 3.63) is 63.7 Å². The zero-order chi connectivity index (χ0) is 25.8. The maximum absolute atomic E-state index is 13.9. The van der Waals surface area contributed by atoms with Crippen LogP contribution in [0.15, 0.2) is 41.3 Å². The Hall–Kier alpha value is -2.42. The number of halogens is 1. The molecule has 2 aromatic rings. The summed E-state index contributed by atoms with van der Waals surface area (Å²) in [4.78, 5) is 27.1. The number of hydrogen-bond donors (Lipinski definition) is 0. The van der Waals surface area contributed by atoms with Gasteiger partial charge in [-0.2, -0.15) is 4.31 Å². The second-order valence-electron chi connectivity index (χ2n) is 9.03. The van der Waals surface area contributed by atoms with Crippen LogP contribution >= 0.6 is 11.6 Å². The minimum atomic E-state index is -3.97. The van der Waals surface area contributed by atoms with Crippen molar-refractivity contribution in [3.63, 3.8) is 0 Å². The maximum atomic E-state index is 13.9. The molecule has 0 bridgehead atoms. The number of ether oxygens (including phenoxy) is 1. The van der Waals surface area contributed by atoms with Crippen LogP contribution < -0.4 is 0 Å². The number of hydrogen-bond acceptors (Lipinski definition) is 5. The minimum absolute atomic E-state index is 0.0390. The Kier molecular flexibility index (Phi) is 8.96. The van der Waals surface area contributed by atoms with Crippen LogP contribution in [0, 0.1) is 26.7 Å². The highest BCUT2D eigenvalue weighted by Gasteiger charge is 2.33. The molecule has 1 saturated heterocycles. The zero-order valence-electron chi connectivity index (χ0n) is 20.7. The standard InChI is InChI=1S/C26H33ClN2O5S/c1-5-34-26(31)22-10-12-28(13-11-22)24(30)17-29(16-21-6-8-23(27)9-7-21)35(32,33)25-19(3)14-18(2)15-20(25)4/h6-9,14-15,22H,5,10-13,16-17H2,1-4H3. The van der Waals surface area contributed by atoms with Gasteiger partial charge in [0.1, 0.15) is 0 Å². The Morgan fingerprint density at radius 2 is 1.63 bits per heavy atom. The van der Waals surface area contributed by atoms with Crippen molar-refractivity contribution in [2.75, 3.05) is 26.2 Å². The number of nitrogens with zero attached hydrogens (tertiary/aromatic N) is 2. The van der Waals surface area contributed by atoms with Gasteiger partial charge < -0.3 is 9.64 Å². The summed E-state index contributed by atoms with van der Waals surface area (Å²) >= 11 is 6.00. The molecule has 0 radical (unpaired) electrons. The van der Waals surface area contributed by atoms with E-state index in [2.05, 4.69) is 0 Å². The second kappa shape index (κ2) is 11.5. The molecule has 35 heavy (non-hydrogen) atoms. The highest BCUT2D eigenvalue weighted by molar-refractivity contribution is 7.89. The van der Waals surface area contributed by atoms with E-state index in [9.17, 15) is 18.0 Å². The third-order valence-corrected chi connectivity index (χ3v) is 8.60. The van der Waals surface area contributed by atoms with Gasteiger partial charge in [0, 0.05) is 24.7 Å². The lowest BCUT2D eigenvalue weighted by Gasteiger charge is -2.33. The van der Waals surface area contributed by atoms with E-state index >= 15 is 0 Å². The lowest BCUT2D eigenvalue weighted by molar-refractivity contribution is -0.151. The first-order chi connectivity index (χ1) is 16.5. The third kappa shape index (κ3) is 6.63. The fourth-order valence-electron chi connectivity index (χ4n) is 4.60. The van der Waals surface area contributed by atoms with Crippen LogP contribution in [0.4, 0.5) is 0 Å². The zero-order valence-corrected chi connectivity index (χ0v) is 22.3. The van der Waals surface area contributed by atoms with Gasteiger partial charge in [-0.15, -0.1) is 0 Å². The predicted octanol–water partition coefficient (Wildman–Crippen LogP) is 4.26. The highest BCUT2D eigenvalue weighted by atomic mass is 35.5. The van der Waals surface area contributed by atoms with Crippen molar-refractivity contribution in [2.45, 2.75) is 52.0 Å². The Morgan fingerprint density at radius 3 is 2.17 bits per heavy atom. The summed E-state index contributed by atoms with van der Waals surface area (Å²) in [5.74, 6) is -0.755. The number of amides is 1. The van der Waals surface area contributed by atoms with Gasteiger partial charge in [0.15, 0.2) is 0 Å². The van der Waals surface area contributed by atoms with Crippen LogP contribution in [0.1, 0.15) is 42.0 Å².